The lowest BCUT2D eigenvalue weighted by Crippen LogP contribution is -2.49. The van der Waals surface area contributed by atoms with Gasteiger partial charge in [0.15, 0.2) is 0 Å². The fourth-order valence-corrected chi connectivity index (χ4v) is 2.61. The molecule has 0 aromatic heterocycles. The Morgan fingerprint density at radius 3 is 2.50 bits per heavy atom. The summed E-state index contributed by atoms with van der Waals surface area (Å²) in [5.74, 6) is 11.0. The van der Waals surface area contributed by atoms with Crippen LogP contribution in [-0.2, 0) is 12.8 Å². The van der Waals surface area contributed by atoms with Crippen LogP contribution in [0.1, 0.15) is 16.7 Å². The molecule has 0 unspecified atom stereocenters. The van der Waals surface area contributed by atoms with E-state index in [1.165, 1.54) is 25.2 Å². The van der Waals surface area contributed by atoms with Gasteiger partial charge in [-0.2, -0.15) is 13.2 Å². The summed E-state index contributed by atoms with van der Waals surface area (Å²) < 4.78 is 45.9. The van der Waals surface area contributed by atoms with Crippen molar-refractivity contribution in [3.05, 3.63) is 52.0 Å². The monoisotopic (exact) mass is 418 g/mol. The third-order valence-corrected chi connectivity index (χ3v) is 4.14. The summed E-state index contributed by atoms with van der Waals surface area (Å²) in [6.45, 7) is 0.981. The second-order valence-corrected chi connectivity index (χ2v) is 6.33. The first-order chi connectivity index (χ1) is 12.9. The minimum atomic E-state index is -4.72. The van der Waals surface area contributed by atoms with E-state index in [0.29, 0.717) is 15.6 Å². The Bertz CT molecular complexity index is 891. The number of rotatable bonds is 4. The van der Waals surface area contributed by atoms with Crippen LogP contribution in [0.15, 0.2) is 30.3 Å². The van der Waals surface area contributed by atoms with E-state index in [-0.39, 0.29) is 27.8 Å². The first-order valence-electron chi connectivity index (χ1n) is 7.81. The molecule has 0 bridgehead atoms. The highest BCUT2D eigenvalue weighted by Crippen LogP contribution is 2.38. The number of anilines is 1. The summed E-state index contributed by atoms with van der Waals surface area (Å²) in [5, 5.41) is 10.8. The number of benzene rings is 2. The van der Waals surface area contributed by atoms with Gasteiger partial charge in [-0.05, 0) is 30.7 Å². The maximum atomic E-state index is 13.5. The Hall–Kier alpha value is -2.69. The maximum absolute atomic E-state index is 13.5. The van der Waals surface area contributed by atoms with Gasteiger partial charge >= 0.3 is 12.2 Å². The lowest BCUT2D eigenvalue weighted by molar-refractivity contribution is -0.138. The predicted molar refractivity (Wildman–Crippen MR) is 97.6 cm³/mol. The lowest BCUT2D eigenvalue weighted by Gasteiger charge is -2.25. The van der Waals surface area contributed by atoms with Gasteiger partial charge in [0.25, 0.3) is 0 Å². The summed E-state index contributed by atoms with van der Waals surface area (Å²) in [7, 11) is 1.20. The number of nitrogens with two attached hydrogens (primary N) is 2. The largest absolute Gasteiger partial charge is 0.508 e. The number of halogens is 4. The third kappa shape index (κ3) is 4.58. The smallest absolute Gasteiger partial charge is 0.416 e. The van der Waals surface area contributed by atoms with Crippen LogP contribution in [0.5, 0.6) is 11.5 Å². The predicted octanol–water partition coefficient (Wildman–Crippen LogP) is 3.56. The van der Waals surface area contributed by atoms with Gasteiger partial charge in [-0.25, -0.2) is 21.5 Å². The molecular formula is C17H18ClF3N4O3. The van der Waals surface area contributed by atoms with Gasteiger partial charge in [0, 0.05) is 18.7 Å². The molecule has 0 saturated carbocycles. The summed E-state index contributed by atoms with van der Waals surface area (Å²) in [6, 6.07) is 4.86. The molecule has 2 aromatic rings. The van der Waals surface area contributed by atoms with Crippen LogP contribution in [0.3, 0.4) is 0 Å². The fraction of sp³-hybridized carbons (Fsp3) is 0.235. The summed E-state index contributed by atoms with van der Waals surface area (Å²) in [4.78, 5) is 12.0. The molecule has 0 fully saturated rings. The SMILES string of the molecule is Cc1cc(OCc2c(N(N)C(=O)N(C)N)cccc2C(F)(F)F)c(Cl)cc1O. The molecule has 2 aromatic carbocycles. The van der Waals surface area contributed by atoms with Crippen LogP contribution in [0, 0.1) is 6.92 Å². The van der Waals surface area contributed by atoms with Crippen molar-refractivity contribution in [3.63, 3.8) is 0 Å². The van der Waals surface area contributed by atoms with E-state index in [0.717, 1.165) is 12.1 Å². The zero-order valence-corrected chi connectivity index (χ0v) is 15.7. The van der Waals surface area contributed by atoms with Crippen LogP contribution in [0.4, 0.5) is 23.7 Å². The van der Waals surface area contributed by atoms with Gasteiger partial charge < -0.3 is 9.84 Å². The summed E-state index contributed by atoms with van der Waals surface area (Å²) in [5.41, 5.74) is -1.22. The number of carbonyl (C=O) groups is 1. The molecule has 0 aliphatic rings. The number of amides is 2. The molecule has 2 rings (SSSR count). The second-order valence-electron chi connectivity index (χ2n) is 5.92. The quantitative estimate of drug-likeness (QED) is 0.400. The van der Waals surface area contributed by atoms with Crippen molar-refractivity contribution < 1.29 is 27.8 Å². The molecule has 0 spiro atoms. The number of hydrogen-bond acceptors (Lipinski definition) is 5. The Balaban J connectivity index is 2.48. The molecule has 11 heteroatoms. The van der Waals surface area contributed by atoms with E-state index in [2.05, 4.69) is 0 Å². The number of carbonyl (C=O) groups excluding carboxylic acids is 1. The molecule has 7 nitrogen and oxygen atoms in total. The van der Waals surface area contributed by atoms with Gasteiger partial charge in [0.1, 0.15) is 18.1 Å². The first kappa shape index (κ1) is 21.6. The molecule has 152 valence electrons. The van der Waals surface area contributed by atoms with Gasteiger partial charge in [-0.15, -0.1) is 0 Å². The third-order valence-electron chi connectivity index (χ3n) is 3.85. The van der Waals surface area contributed by atoms with Crippen molar-refractivity contribution in [2.75, 3.05) is 12.1 Å². The van der Waals surface area contributed by atoms with E-state index < -0.39 is 24.4 Å². The number of nitrogens with zero attached hydrogens (tertiary/aromatic N) is 2. The van der Waals surface area contributed by atoms with Crippen molar-refractivity contribution in [2.24, 2.45) is 11.7 Å². The van der Waals surface area contributed by atoms with Gasteiger partial charge in [-0.1, -0.05) is 17.7 Å². The van der Waals surface area contributed by atoms with Gasteiger partial charge in [0.2, 0.25) is 0 Å². The number of aryl methyl sites for hydroxylation is 1. The minimum Gasteiger partial charge on any atom is -0.508 e. The number of phenolic OH excluding ortho intramolecular Hbond substituents is 1. The molecule has 0 saturated heterocycles. The number of alkyl halides is 3. The molecule has 0 heterocycles. The van der Waals surface area contributed by atoms with E-state index in [9.17, 15) is 23.1 Å². The van der Waals surface area contributed by atoms with Crippen molar-refractivity contribution in [1.82, 2.24) is 5.01 Å². The highest BCUT2D eigenvalue weighted by atomic mass is 35.5. The molecule has 0 aliphatic heterocycles. The minimum absolute atomic E-state index is 0.0107. The van der Waals surface area contributed by atoms with Gasteiger partial charge in [0.05, 0.1) is 16.3 Å². The number of aromatic hydroxyl groups is 1. The molecule has 2 amide bonds. The van der Waals surface area contributed by atoms with Crippen LogP contribution >= 0.6 is 11.6 Å². The van der Waals surface area contributed by atoms with Crippen LogP contribution in [0.2, 0.25) is 5.02 Å². The van der Waals surface area contributed by atoms with E-state index in [1.54, 1.807) is 6.92 Å². The number of hydrogen-bond donors (Lipinski definition) is 3. The van der Waals surface area contributed by atoms with Gasteiger partial charge in [-0.3, -0.25) is 5.01 Å². The average molecular weight is 419 g/mol. The van der Waals surface area contributed by atoms with Crippen molar-refractivity contribution in [2.45, 2.75) is 19.7 Å². The first-order valence-corrected chi connectivity index (χ1v) is 8.19. The average Bonchev–Trinajstić information content (AvgIpc) is 2.61. The molecule has 0 atom stereocenters. The molecule has 0 radical (unpaired) electrons. The highest BCUT2D eigenvalue weighted by molar-refractivity contribution is 6.32. The standard InChI is InChI=1S/C17H18ClF3N4O3/c1-9-6-15(12(18)7-14(9)26)28-8-10-11(17(19,20)21)4-3-5-13(10)25(23)16(27)24(2)22/h3-7,26H,8,22-23H2,1-2H3. The molecule has 28 heavy (non-hydrogen) atoms. The van der Waals surface area contributed by atoms with Crippen LogP contribution in [-0.4, -0.2) is 23.2 Å². The lowest BCUT2D eigenvalue weighted by atomic mass is 10.0. The topological polar surface area (TPSA) is 105 Å². The maximum Gasteiger partial charge on any atom is 0.416 e. The van der Waals surface area contributed by atoms with Crippen molar-refractivity contribution in [3.8, 4) is 11.5 Å². The number of ether oxygens (including phenoxy) is 1. The van der Waals surface area contributed by atoms with E-state index in [4.69, 9.17) is 28.0 Å². The number of phenols is 1. The van der Waals surface area contributed by atoms with Crippen molar-refractivity contribution >= 4 is 23.3 Å². The zero-order valence-electron chi connectivity index (χ0n) is 14.9. The summed E-state index contributed by atoms with van der Waals surface area (Å²) >= 11 is 5.97. The Morgan fingerprint density at radius 1 is 1.29 bits per heavy atom. The Labute approximate surface area is 163 Å². The zero-order chi connectivity index (χ0) is 21.2. The summed E-state index contributed by atoms with van der Waals surface area (Å²) in [6.07, 6.45) is -4.72. The van der Waals surface area contributed by atoms with E-state index in [1.807, 2.05) is 0 Å². The number of hydrazine groups is 2. The fourth-order valence-electron chi connectivity index (χ4n) is 2.40. The van der Waals surface area contributed by atoms with Crippen molar-refractivity contribution in [1.29, 1.82) is 0 Å². The normalized spacial score (nSPS) is 11.3. The molecule has 5 N–H and O–H groups in total. The van der Waals surface area contributed by atoms with Crippen LogP contribution in [0.25, 0.3) is 0 Å². The second kappa shape index (κ2) is 8.13. The molecular weight excluding hydrogens is 401 g/mol. The van der Waals surface area contributed by atoms with E-state index >= 15 is 0 Å². The number of urea groups is 1. The Morgan fingerprint density at radius 2 is 1.93 bits per heavy atom. The highest BCUT2D eigenvalue weighted by Gasteiger charge is 2.35. The molecule has 0 aliphatic carbocycles. The Kier molecular flexibility index (Phi) is 6.27. The van der Waals surface area contributed by atoms with Crippen LogP contribution < -0.4 is 21.4 Å².